The third kappa shape index (κ3) is 5.52. The number of ether oxygens (including phenoxy) is 2. The van der Waals surface area contributed by atoms with E-state index in [1.165, 1.54) is 5.56 Å². The van der Waals surface area contributed by atoms with E-state index >= 15 is 0 Å². The number of aryl methyl sites for hydroxylation is 1. The zero-order valence-corrected chi connectivity index (χ0v) is 12.8. The molecule has 0 fully saturated rings. The summed E-state index contributed by atoms with van der Waals surface area (Å²) in [5, 5.41) is 3.42. The molecule has 0 aromatic heterocycles. The summed E-state index contributed by atoms with van der Waals surface area (Å²) in [5.41, 5.74) is 1.26. The first-order chi connectivity index (χ1) is 9.06. The number of benzene rings is 1. The fraction of sp³-hybridized carbons (Fsp3) is 0.625. The Kier molecular flexibility index (Phi) is 6.71. The molecule has 0 amide bonds. The van der Waals surface area contributed by atoms with Gasteiger partial charge in [-0.15, -0.1) is 0 Å². The van der Waals surface area contributed by atoms with E-state index in [4.69, 9.17) is 9.47 Å². The van der Waals surface area contributed by atoms with Crippen LogP contribution in [-0.2, 0) is 6.42 Å². The minimum Gasteiger partial charge on any atom is -0.493 e. The van der Waals surface area contributed by atoms with Crippen LogP contribution >= 0.6 is 0 Å². The summed E-state index contributed by atoms with van der Waals surface area (Å²) in [7, 11) is 1.69. The van der Waals surface area contributed by atoms with Crippen LogP contribution in [-0.4, -0.2) is 26.3 Å². The van der Waals surface area contributed by atoms with Crippen molar-refractivity contribution in [3.05, 3.63) is 23.8 Å². The first-order valence-electron chi connectivity index (χ1n) is 7.09. The van der Waals surface area contributed by atoms with Gasteiger partial charge in [0.15, 0.2) is 11.5 Å². The van der Waals surface area contributed by atoms with Crippen molar-refractivity contribution in [3.8, 4) is 11.5 Å². The molecule has 0 aliphatic carbocycles. The molecule has 1 rings (SSSR count). The van der Waals surface area contributed by atoms with Gasteiger partial charge in [0.05, 0.1) is 13.7 Å². The minimum absolute atomic E-state index is 0.470. The third-order valence-corrected chi connectivity index (χ3v) is 3.03. The summed E-state index contributed by atoms with van der Waals surface area (Å²) < 4.78 is 11.2. The topological polar surface area (TPSA) is 30.5 Å². The Bertz CT molecular complexity index is 377. The fourth-order valence-corrected chi connectivity index (χ4v) is 1.78. The van der Waals surface area contributed by atoms with Crippen molar-refractivity contribution in [1.29, 1.82) is 0 Å². The Labute approximate surface area is 117 Å². The van der Waals surface area contributed by atoms with Gasteiger partial charge in [-0.3, -0.25) is 0 Å². The molecule has 0 spiro atoms. The molecule has 1 N–H and O–H groups in total. The van der Waals surface area contributed by atoms with Crippen molar-refractivity contribution in [2.75, 3.05) is 20.3 Å². The molecule has 3 heteroatoms. The fourth-order valence-electron chi connectivity index (χ4n) is 1.78. The lowest BCUT2D eigenvalue weighted by atomic mass is 10.1. The summed E-state index contributed by atoms with van der Waals surface area (Å²) in [5.74, 6) is 2.12. The number of methoxy groups -OCH3 is 1. The van der Waals surface area contributed by atoms with Gasteiger partial charge >= 0.3 is 0 Å². The molecule has 1 atom stereocenters. The van der Waals surface area contributed by atoms with Crippen LogP contribution in [0.2, 0.25) is 0 Å². The molecular weight excluding hydrogens is 238 g/mol. The second kappa shape index (κ2) is 8.05. The summed E-state index contributed by atoms with van der Waals surface area (Å²) in [4.78, 5) is 0. The molecule has 108 valence electrons. The lowest BCUT2D eigenvalue weighted by molar-refractivity contribution is 0.242. The van der Waals surface area contributed by atoms with Crippen molar-refractivity contribution in [3.63, 3.8) is 0 Å². The van der Waals surface area contributed by atoms with Gasteiger partial charge in [-0.25, -0.2) is 0 Å². The molecule has 0 bridgehead atoms. The monoisotopic (exact) mass is 265 g/mol. The van der Waals surface area contributed by atoms with Crippen LogP contribution < -0.4 is 14.8 Å². The average Bonchev–Trinajstić information content (AvgIpc) is 2.42. The van der Waals surface area contributed by atoms with E-state index in [-0.39, 0.29) is 0 Å². The van der Waals surface area contributed by atoms with Gasteiger partial charge in [-0.2, -0.15) is 0 Å². The molecule has 0 saturated carbocycles. The number of hydrogen-bond acceptors (Lipinski definition) is 3. The molecule has 0 heterocycles. The molecule has 1 unspecified atom stereocenters. The Morgan fingerprint density at radius 3 is 2.47 bits per heavy atom. The number of hydrogen-bond donors (Lipinski definition) is 1. The maximum Gasteiger partial charge on any atom is 0.161 e. The first-order valence-corrected chi connectivity index (χ1v) is 7.09. The van der Waals surface area contributed by atoms with Gasteiger partial charge < -0.3 is 14.8 Å². The van der Waals surface area contributed by atoms with E-state index in [0.717, 1.165) is 24.5 Å². The average molecular weight is 265 g/mol. The van der Waals surface area contributed by atoms with Gasteiger partial charge in [0.1, 0.15) is 0 Å². The maximum atomic E-state index is 5.86. The van der Waals surface area contributed by atoms with Crippen LogP contribution in [0.25, 0.3) is 0 Å². The summed E-state index contributed by atoms with van der Waals surface area (Å²) in [6.45, 7) is 10.3. The highest BCUT2D eigenvalue weighted by Gasteiger charge is 2.08. The smallest absolute Gasteiger partial charge is 0.161 e. The lowest BCUT2D eigenvalue weighted by Crippen LogP contribution is -2.30. The Hall–Kier alpha value is -1.22. The summed E-state index contributed by atoms with van der Waals surface area (Å²) in [6, 6.07) is 6.66. The predicted octanol–water partition coefficient (Wildman–Crippen LogP) is 3.27. The van der Waals surface area contributed by atoms with E-state index in [0.29, 0.717) is 18.6 Å². The van der Waals surface area contributed by atoms with Crippen LogP contribution in [0.15, 0.2) is 18.2 Å². The maximum absolute atomic E-state index is 5.86. The Balaban J connectivity index is 2.52. The van der Waals surface area contributed by atoms with E-state index in [9.17, 15) is 0 Å². The normalized spacial score (nSPS) is 12.5. The predicted molar refractivity (Wildman–Crippen MR) is 80.2 cm³/mol. The highest BCUT2D eigenvalue weighted by atomic mass is 16.5. The van der Waals surface area contributed by atoms with E-state index in [1.54, 1.807) is 7.11 Å². The molecule has 3 nitrogen and oxygen atoms in total. The summed E-state index contributed by atoms with van der Waals surface area (Å²) >= 11 is 0. The Morgan fingerprint density at radius 1 is 1.16 bits per heavy atom. The third-order valence-electron chi connectivity index (χ3n) is 3.03. The van der Waals surface area contributed by atoms with Gasteiger partial charge in [-0.05, 0) is 24.1 Å². The van der Waals surface area contributed by atoms with Gasteiger partial charge in [0.2, 0.25) is 0 Å². The van der Waals surface area contributed by atoms with Crippen LogP contribution in [0, 0.1) is 5.92 Å². The van der Waals surface area contributed by atoms with E-state index in [1.807, 2.05) is 12.1 Å². The summed E-state index contributed by atoms with van der Waals surface area (Å²) in [6.07, 6.45) is 1.01. The standard InChI is InChI=1S/C16H27NO2/c1-6-14-7-8-15(16(9-14)18-5)19-11-13(4)10-17-12(2)3/h7-9,12-13,17H,6,10-11H2,1-5H3. The molecule has 0 saturated heterocycles. The molecule has 0 aliphatic rings. The van der Waals surface area contributed by atoms with Crippen molar-refractivity contribution in [2.45, 2.75) is 40.2 Å². The van der Waals surface area contributed by atoms with Crippen molar-refractivity contribution in [2.24, 2.45) is 5.92 Å². The Morgan fingerprint density at radius 2 is 1.89 bits per heavy atom. The van der Waals surface area contributed by atoms with Crippen LogP contribution in [0.3, 0.4) is 0 Å². The molecular formula is C16H27NO2. The van der Waals surface area contributed by atoms with Gasteiger partial charge in [-0.1, -0.05) is 33.8 Å². The second-order valence-electron chi connectivity index (χ2n) is 5.32. The quantitative estimate of drug-likeness (QED) is 0.782. The molecule has 0 radical (unpaired) electrons. The van der Waals surface area contributed by atoms with E-state index < -0.39 is 0 Å². The first kappa shape index (κ1) is 15.8. The number of rotatable bonds is 8. The van der Waals surface area contributed by atoms with Crippen molar-refractivity contribution in [1.82, 2.24) is 5.32 Å². The highest BCUT2D eigenvalue weighted by Crippen LogP contribution is 2.28. The number of nitrogens with one attached hydrogen (secondary N) is 1. The zero-order chi connectivity index (χ0) is 14.3. The van der Waals surface area contributed by atoms with Crippen molar-refractivity contribution < 1.29 is 9.47 Å². The molecule has 1 aromatic rings. The largest absolute Gasteiger partial charge is 0.493 e. The van der Waals surface area contributed by atoms with Crippen molar-refractivity contribution >= 4 is 0 Å². The van der Waals surface area contributed by atoms with E-state index in [2.05, 4.69) is 39.1 Å². The van der Waals surface area contributed by atoms with Gasteiger partial charge in [0.25, 0.3) is 0 Å². The molecule has 1 aromatic carbocycles. The second-order valence-corrected chi connectivity index (χ2v) is 5.32. The van der Waals surface area contributed by atoms with Gasteiger partial charge in [0, 0.05) is 18.5 Å². The highest BCUT2D eigenvalue weighted by molar-refractivity contribution is 5.42. The SMILES string of the molecule is CCc1ccc(OCC(C)CNC(C)C)c(OC)c1. The molecule has 19 heavy (non-hydrogen) atoms. The van der Waals surface area contributed by atoms with Crippen LogP contribution in [0.1, 0.15) is 33.3 Å². The lowest BCUT2D eigenvalue weighted by Gasteiger charge is -2.17. The minimum atomic E-state index is 0.470. The van der Waals surface area contributed by atoms with Crippen LogP contribution in [0.4, 0.5) is 0 Å². The molecule has 0 aliphatic heterocycles. The zero-order valence-electron chi connectivity index (χ0n) is 12.8. The van der Waals surface area contributed by atoms with Crippen LogP contribution in [0.5, 0.6) is 11.5 Å².